The second-order valence-corrected chi connectivity index (χ2v) is 5.43. The number of aromatic nitrogens is 1. The molecular weight excluding hydrogens is 284 g/mol. The zero-order chi connectivity index (χ0) is 14.9. The number of hydrogen-bond acceptors (Lipinski definition) is 6. The number of ether oxygens (including phenoxy) is 1. The molecule has 1 aromatic carbocycles. The molecule has 21 heavy (non-hydrogen) atoms. The van der Waals surface area contributed by atoms with Gasteiger partial charge in [0.25, 0.3) is 0 Å². The molecule has 1 heterocycles. The quantitative estimate of drug-likeness (QED) is 0.443. The summed E-state index contributed by atoms with van der Waals surface area (Å²) < 4.78 is 5.71. The molecule has 3 N–H and O–H groups in total. The Morgan fingerprint density at radius 2 is 2.33 bits per heavy atom. The number of hydrogen-bond donors (Lipinski definition) is 2. The van der Waals surface area contributed by atoms with E-state index in [-0.39, 0.29) is 0 Å². The molecule has 2 rings (SSSR count). The van der Waals surface area contributed by atoms with Gasteiger partial charge in [0, 0.05) is 5.38 Å². The van der Waals surface area contributed by atoms with E-state index in [1.54, 1.807) is 11.6 Å². The number of rotatable bonds is 8. The molecule has 1 aromatic heterocycles. The van der Waals surface area contributed by atoms with Crippen LogP contribution >= 0.6 is 11.3 Å². The Morgan fingerprint density at radius 3 is 3.10 bits per heavy atom. The van der Waals surface area contributed by atoms with Gasteiger partial charge >= 0.3 is 0 Å². The largest absolute Gasteiger partial charge is 0.494 e. The van der Waals surface area contributed by atoms with Crippen LogP contribution in [0.1, 0.15) is 31.7 Å². The second kappa shape index (κ2) is 8.26. The highest BCUT2D eigenvalue weighted by Crippen LogP contribution is 2.16. The van der Waals surface area contributed by atoms with E-state index in [0.717, 1.165) is 24.3 Å². The second-order valence-electron chi connectivity index (χ2n) is 4.58. The first-order valence-corrected chi connectivity index (χ1v) is 7.89. The number of nitrogen functional groups attached to an aromatic ring is 1. The Balaban J connectivity index is 1.85. The summed E-state index contributed by atoms with van der Waals surface area (Å²) in [4.78, 5) is 4.06. The van der Waals surface area contributed by atoms with Crippen LogP contribution in [-0.4, -0.2) is 17.8 Å². The van der Waals surface area contributed by atoms with Crippen LogP contribution in [-0.2, 0) is 0 Å². The summed E-state index contributed by atoms with van der Waals surface area (Å²) in [5.74, 6) is 1.37. The maximum Gasteiger partial charge on any atom is 0.205 e. The summed E-state index contributed by atoms with van der Waals surface area (Å²) in [6, 6.07) is 7.85. The van der Waals surface area contributed by atoms with Gasteiger partial charge in [-0.1, -0.05) is 31.9 Å². The molecular formula is C15H20N4OS. The van der Waals surface area contributed by atoms with E-state index in [2.05, 4.69) is 22.4 Å². The highest BCUT2D eigenvalue weighted by atomic mass is 32.1. The van der Waals surface area contributed by atoms with E-state index in [0.29, 0.717) is 10.9 Å². The van der Waals surface area contributed by atoms with Crippen LogP contribution in [0.2, 0.25) is 0 Å². The number of hydrazone groups is 1. The van der Waals surface area contributed by atoms with Gasteiger partial charge in [-0.2, -0.15) is 5.10 Å². The van der Waals surface area contributed by atoms with E-state index in [1.807, 2.05) is 24.3 Å². The molecule has 0 radical (unpaired) electrons. The lowest BCUT2D eigenvalue weighted by atomic mass is 10.2. The van der Waals surface area contributed by atoms with Crippen molar-refractivity contribution in [3.63, 3.8) is 0 Å². The lowest BCUT2D eigenvalue weighted by Gasteiger charge is -2.06. The van der Waals surface area contributed by atoms with Crippen molar-refractivity contribution in [3.05, 3.63) is 35.2 Å². The summed E-state index contributed by atoms with van der Waals surface area (Å²) >= 11 is 1.42. The standard InChI is InChI=1S/C15H20N4OS/c1-2-3-4-8-20-13-7-5-6-12(9-13)10-17-19-15-18-14(16)11-21-15/h5-7,9-11H,2-4,8,16H2,1H3,(H,18,19). The molecule has 2 aromatic rings. The molecule has 0 spiro atoms. The fourth-order valence-electron chi connectivity index (χ4n) is 1.73. The maximum absolute atomic E-state index is 5.71. The topological polar surface area (TPSA) is 72.5 Å². The van der Waals surface area contributed by atoms with Gasteiger partial charge in [-0.15, -0.1) is 11.3 Å². The molecule has 0 aliphatic carbocycles. The first kappa shape index (κ1) is 15.3. The maximum atomic E-state index is 5.71. The van der Waals surface area contributed by atoms with Crippen molar-refractivity contribution in [2.45, 2.75) is 26.2 Å². The van der Waals surface area contributed by atoms with Gasteiger partial charge in [-0.25, -0.2) is 4.98 Å². The molecule has 0 aliphatic heterocycles. The number of anilines is 2. The van der Waals surface area contributed by atoms with Gasteiger partial charge < -0.3 is 10.5 Å². The zero-order valence-corrected chi connectivity index (χ0v) is 12.9. The summed E-state index contributed by atoms with van der Waals surface area (Å²) in [6.07, 6.45) is 5.21. The fourth-order valence-corrected chi connectivity index (χ4v) is 2.27. The first-order chi connectivity index (χ1) is 10.3. The molecule has 0 aliphatic rings. The summed E-state index contributed by atoms with van der Waals surface area (Å²) in [5.41, 5.74) is 9.36. The van der Waals surface area contributed by atoms with Gasteiger partial charge in [-0.3, -0.25) is 5.43 Å². The van der Waals surface area contributed by atoms with Crippen LogP contribution in [0.25, 0.3) is 0 Å². The number of nitrogens with one attached hydrogen (secondary N) is 1. The third kappa shape index (κ3) is 5.43. The fraction of sp³-hybridized carbons (Fsp3) is 0.333. The predicted octanol–water partition coefficient (Wildman–Crippen LogP) is 3.74. The van der Waals surface area contributed by atoms with E-state index in [1.165, 1.54) is 24.2 Å². The lowest BCUT2D eigenvalue weighted by Crippen LogP contribution is -1.97. The van der Waals surface area contributed by atoms with Crippen molar-refractivity contribution in [2.75, 3.05) is 17.8 Å². The van der Waals surface area contributed by atoms with Crippen molar-refractivity contribution in [3.8, 4) is 5.75 Å². The van der Waals surface area contributed by atoms with Gasteiger partial charge in [0.2, 0.25) is 5.13 Å². The third-order valence-corrected chi connectivity index (χ3v) is 3.54. The van der Waals surface area contributed by atoms with Crippen LogP contribution < -0.4 is 15.9 Å². The summed E-state index contributed by atoms with van der Waals surface area (Å²) in [7, 11) is 0. The van der Waals surface area contributed by atoms with Crippen LogP contribution in [0.5, 0.6) is 5.75 Å². The van der Waals surface area contributed by atoms with E-state index in [4.69, 9.17) is 10.5 Å². The van der Waals surface area contributed by atoms with Crippen molar-refractivity contribution < 1.29 is 4.74 Å². The molecule has 0 saturated heterocycles. The number of unbranched alkanes of at least 4 members (excludes halogenated alkanes) is 2. The van der Waals surface area contributed by atoms with Gasteiger partial charge in [0.15, 0.2) is 0 Å². The Kier molecular flexibility index (Phi) is 6.02. The number of benzene rings is 1. The van der Waals surface area contributed by atoms with Gasteiger partial charge in [0.1, 0.15) is 11.6 Å². The minimum Gasteiger partial charge on any atom is -0.494 e. The monoisotopic (exact) mass is 304 g/mol. The zero-order valence-electron chi connectivity index (χ0n) is 12.1. The summed E-state index contributed by atoms with van der Waals surface area (Å²) in [6.45, 7) is 2.94. The average Bonchev–Trinajstić information content (AvgIpc) is 2.90. The Morgan fingerprint density at radius 1 is 1.43 bits per heavy atom. The normalized spacial score (nSPS) is 10.9. The highest BCUT2D eigenvalue weighted by Gasteiger charge is 1.97. The molecule has 112 valence electrons. The van der Waals surface area contributed by atoms with E-state index >= 15 is 0 Å². The predicted molar refractivity (Wildman–Crippen MR) is 89.2 cm³/mol. The number of nitrogens with zero attached hydrogens (tertiary/aromatic N) is 2. The van der Waals surface area contributed by atoms with Crippen molar-refractivity contribution >= 4 is 28.5 Å². The molecule has 0 unspecified atom stereocenters. The molecule has 0 amide bonds. The van der Waals surface area contributed by atoms with Gasteiger partial charge in [-0.05, 0) is 24.1 Å². The minimum atomic E-state index is 0.500. The van der Waals surface area contributed by atoms with Crippen LogP contribution in [0, 0.1) is 0 Å². The molecule has 0 fully saturated rings. The smallest absolute Gasteiger partial charge is 0.205 e. The molecule has 0 atom stereocenters. The van der Waals surface area contributed by atoms with Crippen LogP contribution in [0.15, 0.2) is 34.7 Å². The van der Waals surface area contributed by atoms with E-state index < -0.39 is 0 Å². The molecule has 0 bridgehead atoms. The SMILES string of the molecule is CCCCCOc1cccc(C=NNc2nc(N)cs2)c1. The molecule has 5 nitrogen and oxygen atoms in total. The van der Waals surface area contributed by atoms with Crippen LogP contribution in [0.3, 0.4) is 0 Å². The van der Waals surface area contributed by atoms with Crippen molar-refractivity contribution in [1.29, 1.82) is 0 Å². The Labute approximate surface area is 128 Å². The van der Waals surface area contributed by atoms with E-state index in [9.17, 15) is 0 Å². The lowest BCUT2D eigenvalue weighted by molar-refractivity contribution is 0.306. The van der Waals surface area contributed by atoms with Crippen molar-refractivity contribution in [1.82, 2.24) is 4.98 Å². The first-order valence-electron chi connectivity index (χ1n) is 7.01. The molecule has 0 saturated carbocycles. The highest BCUT2D eigenvalue weighted by molar-refractivity contribution is 7.14. The minimum absolute atomic E-state index is 0.500. The van der Waals surface area contributed by atoms with Crippen LogP contribution in [0.4, 0.5) is 10.9 Å². The Hall–Kier alpha value is -2.08. The van der Waals surface area contributed by atoms with Crippen molar-refractivity contribution in [2.24, 2.45) is 5.10 Å². The van der Waals surface area contributed by atoms with Gasteiger partial charge in [0.05, 0.1) is 12.8 Å². The number of nitrogens with two attached hydrogens (primary N) is 1. The molecule has 6 heteroatoms. The number of thiazole rings is 1. The summed E-state index contributed by atoms with van der Waals surface area (Å²) in [5, 5.41) is 6.58. The average molecular weight is 304 g/mol. The Bertz CT molecular complexity index is 583. The third-order valence-electron chi connectivity index (χ3n) is 2.77.